The Labute approximate surface area is 336 Å². The van der Waals surface area contributed by atoms with E-state index < -0.39 is 101 Å². The molecule has 0 bridgehead atoms. The molecular formula is C40H55N5O9S. The molecule has 0 unspecified atom stereocenters. The molecule has 1 aromatic carbocycles. The van der Waals surface area contributed by atoms with Crippen molar-refractivity contribution in [3.05, 3.63) is 42.6 Å². The van der Waals surface area contributed by atoms with Crippen molar-refractivity contribution in [2.24, 2.45) is 17.8 Å². The second kappa shape index (κ2) is 15.6. The van der Waals surface area contributed by atoms with E-state index in [-0.39, 0.29) is 43.7 Å². The molecule has 15 heteroatoms. The summed E-state index contributed by atoms with van der Waals surface area (Å²) >= 11 is 0. The Kier molecular flexibility index (Phi) is 8.47. The Bertz CT molecular complexity index is 2230. The molecule has 4 aliphatic rings. The predicted octanol–water partition coefficient (Wildman–Crippen LogP) is 4.76. The highest BCUT2D eigenvalue weighted by atomic mass is 32.2. The summed E-state index contributed by atoms with van der Waals surface area (Å²) in [7, 11) is -4.03. The number of carbonyl (C=O) groups excluding carboxylic acids is 4. The minimum Gasteiger partial charge on any atom is -0.491 e. The summed E-state index contributed by atoms with van der Waals surface area (Å²) < 4.78 is 117. The van der Waals surface area contributed by atoms with Gasteiger partial charge in [-0.2, -0.15) is 0 Å². The monoisotopic (exact) mass is 790 g/mol. The van der Waals surface area contributed by atoms with E-state index in [1.807, 2.05) is 26.8 Å². The van der Waals surface area contributed by atoms with Crippen LogP contribution in [0.5, 0.6) is 11.6 Å². The van der Waals surface area contributed by atoms with Gasteiger partial charge in [0.15, 0.2) is 0 Å². The number of nitrogens with one attached hydrogen (secondary N) is 3. The lowest BCUT2D eigenvalue weighted by molar-refractivity contribution is -0.142. The topological polar surface area (TPSA) is 182 Å². The lowest BCUT2D eigenvalue weighted by Gasteiger charge is -2.33. The van der Waals surface area contributed by atoms with Gasteiger partial charge in [0.05, 0.1) is 17.9 Å². The number of carbonyl (C=O) groups is 4. The molecule has 0 radical (unpaired) electrons. The number of hydrogen-bond donors (Lipinski definition) is 3. The van der Waals surface area contributed by atoms with Gasteiger partial charge in [0.25, 0.3) is 5.91 Å². The zero-order chi connectivity index (χ0) is 47.4. The van der Waals surface area contributed by atoms with Crippen molar-refractivity contribution in [2.45, 2.75) is 134 Å². The van der Waals surface area contributed by atoms with Crippen molar-refractivity contribution in [1.82, 2.24) is 25.2 Å². The standard InChI is InChI=1S/C40H55N5O9S/c1-23(2)52-28-12-15-31-26(19-28)16-17-41-35(31)53-29-20-32-34(46)43-40(37(48)44-55(50,51)30-13-14-30)21-27(40)11-9-8-10-24(3)18-25(4)33(36(47)45(32)22-29)42-38(49)54-39(5,6)7/h9,11-12,15-17,19,23-25,27,29-30,32-33H,8,10,13-14,18,20-22H2,1-7H3,(H,42,49)(H,43,46)(H,44,48)/b11-9-/t24-,25-,27-,29-,32+,33+,40-/m1/s1/i5D3,6D3,7D3. The minimum absolute atomic E-state index is 0.0606. The van der Waals surface area contributed by atoms with E-state index in [9.17, 15) is 22.8 Å². The van der Waals surface area contributed by atoms with Gasteiger partial charge in [0.2, 0.25) is 27.7 Å². The summed E-state index contributed by atoms with van der Waals surface area (Å²) in [5.41, 5.74) is -5.70. The number of alkyl carbamates (subject to hydrolysis) is 1. The summed E-state index contributed by atoms with van der Waals surface area (Å²) in [4.78, 5) is 62.8. The summed E-state index contributed by atoms with van der Waals surface area (Å²) in [5.74, 6) is -3.49. The van der Waals surface area contributed by atoms with Crippen LogP contribution in [0.4, 0.5) is 4.79 Å². The maximum atomic E-state index is 15.0. The Hall–Kier alpha value is -4.40. The zero-order valence-electron chi connectivity index (χ0n) is 40.3. The van der Waals surface area contributed by atoms with Crippen LogP contribution >= 0.6 is 0 Å². The van der Waals surface area contributed by atoms with Gasteiger partial charge >= 0.3 is 6.09 Å². The van der Waals surface area contributed by atoms with Gasteiger partial charge < -0.3 is 29.7 Å². The molecule has 2 aromatic rings. The van der Waals surface area contributed by atoms with Gasteiger partial charge in [-0.1, -0.05) is 26.0 Å². The molecule has 2 aliphatic carbocycles. The number of aromatic nitrogens is 1. The van der Waals surface area contributed by atoms with E-state index in [2.05, 4.69) is 20.3 Å². The normalized spacial score (nSPS) is 32.7. The number of rotatable bonds is 8. The molecule has 3 N–H and O–H groups in total. The Morgan fingerprint density at radius 1 is 1.11 bits per heavy atom. The molecular weight excluding hydrogens is 727 g/mol. The molecule has 55 heavy (non-hydrogen) atoms. The fourth-order valence-corrected chi connectivity index (χ4v) is 8.88. The largest absolute Gasteiger partial charge is 0.491 e. The number of pyridine rings is 1. The first-order valence-electron chi connectivity index (χ1n) is 23.2. The van der Waals surface area contributed by atoms with Crippen LogP contribution in [-0.4, -0.2) is 89.3 Å². The first-order valence-corrected chi connectivity index (χ1v) is 20.2. The zero-order valence-corrected chi connectivity index (χ0v) is 32.1. The van der Waals surface area contributed by atoms with Crippen LogP contribution in [0.25, 0.3) is 10.8 Å². The third kappa shape index (κ3) is 9.53. The third-order valence-corrected chi connectivity index (χ3v) is 12.3. The van der Waals surface area contributed by atoms with Crippen molar-refractivity contribution >= 4 is 44.6 Å². The average Bonchev–Trinajstić information content (AvgIpc) is 4.09. The summed E-state index contributed by atoms with van der Waals surface area (Å²) in [5, 5.41) is 5.58. The summed E-state index contributed by atoms with van der Waals surface area (Å²) in [6, 6.07) is 3.94. The van der Waals surface area contributed by atoms with E-state index in [0.717, 1.165) is 4.90 Å². The van der Waals surface area contributed by atoms with Crippen LogP contribution in [-0.2, 0) is 29.1 Å². The molecule has 300 valence electrons. The van der Waals surface area contributed by atoms with Crippen molar-refractivity contribution in [2.75, 3.05) is 6.54 Å². The van der Waals surface area contributed by atoms with Gasteiger partial charge in [0.1, 0.15) is 35.1 Å². The Morgan fingerprint density at radius 2 is 1.87 bits per heavy atom. The summed E-state index contributed by atoms with van der Waals surface area (Å²) in [6.45, 7) is -4.76. The molecule has 0 spiro atoms. The maximum Gasteiger partial charge on any atom is 0.408 e. The number of ether oxygens (including phenoxy) is 3. The van der Waals surface area contributed by atoms with E-state index in [4.69, 9.17) is 26.5 Å². The van der Waals surface area contributed by atoms with E-state index in [1.54, 1.807) is 37.3 Å². The van der Waals surface area contributed by atoms with Crippen molar-refractivity contribution < 1.29 is 54.1 Å². The van der Waals surface area contributed by atoms with Crippen molar-refractivity contribution in [3.8, 4) is 11.6 Å². The van der Waals surface area contributed by atoms with Crippen LogP contribution in [0, 0.1) is 17.8 Å². The van der Waals surface area contributed by atoms with E-state index >= 15 is 4.79 Å². The number of hydrogen-bond acceptors (Lipinski definition) is 10. The molecule has 1 aromatic heterocycles. The van der Waals surface area contributed by atoms with Gasteiger partial charge in [-0.3, -0.25) is 19.1 Å². The van der Waals surface area contributed by atoms with E-state index in [1.165, 1.54) is 6.20 Å². The highest BCUT2D eigenvalue weighted by Gasteiger charge is 2.62. The van der Waals surface area contributed by atoms with Crippen molar-refractivity contribution in [1.29, 1.82) is 0 Å². The predicted molar refractivity (Wildman–Crippen MR) is 206 cm³/mol. The Morgan fingerprint density at radius 3 is 2.58 bits per heavy atom. The van der Waals surface area contributed by atoms with Crippen LogP contribution in [0.15, 0.2) is 42.6 Å². The molecule has 3 fully saturated rings. The summed E-state index contributed by atoms with van der Waals surface area (Å²) in [6.07, 6.45) is 4.10. The number of amides is 4. The van der Waals surface area contributed by atoms with Gasteiger partial charge in [-0.25, -0.2) is 18.2 Å². The third-order valence-electron chi connectivity index (χ3n) is 10.5. The molecule has 2 aliphatic heterocycles. The van der Waals surface area contributed by atoms with Gasteiger partial charge in [-0.05, 0) is 114 Å². The quantitative estimate of drug-likeness (QED) is 0.316. The molecule has 4 amide bonds. The first-order chi connectivity index (χ1) is 29.6. The van der Waals surface area contributed by atoms with E-state index in [0.29, 0.717) is 42.2 Å². The molecule has 1 saturated heterocycles. The van der Waals surface area contributed by atoms with Crippen LogP contribution < -0.4 is 24.8 Å². The highest BCUT2D eigenvalue weighted by molar-refractivity contribution is 7.91. The molecule has 14 nitrogen and oxygen atoms in total. The SMILES string of the molecule is [2H]C([2H])([2H])C(OC(=O)N[C@@H]1C(=O)N2C[C@H](Oc3nccc4cc(OC(C)C)ccc34)C[C@H]2C(=O)N[C@]2(C(=O)NS(=O)(=O)C3CC3)C[C@H]2/C=C\CC[C@@H](C)C[C@H]1C)(C([2H])([2H])[2H])C([2H])([2H])[2H]. The van der Waals surface area contributed by atoms with Gasteiger partial charge in [0, 0.05) is 36.3 Å². The smallest absolute Gasteiger partial charge is 0.408 e. The lowest BCUT2D eigenvalue weighted by Crippen LogP contribution is -2.59. The van der Waals surface area contributed by atoms with Crippen LogP contribution in [0.1, 0.15) is 106 Å². The second-order valence-corrected chi connectivity index (χ2v) is 17.6. The molecule has 7 atom stereocenters. The fourth-order valence-electron chi connectivity index (χ4n) is 7.52. The minimum atomic E-state index is -4.03. The van der Waals surface area contributed by atoms with Crippen molar-refractivity contribution in [3.63, 3.8) is 0 Å². The highest BCUT2D eigenvalue weighted by Crippen LogP contribution is 2.46. The number of sulfonamides is 1. The molecule has 6 rings (SSSR count). The average molecular weight is 791 g/mol. The van der Waals surface area contributed by atoms with Crippen LogP contribution in [0.3, 0.4) is 0 Å². The fraction of sp³-hybridized carbons (Fsp3) is 0.625. The number of nitrogens with zero attached hydrogens (tertiary/aromatic N) is 2. The lowest BCUT2D eigenvalue weighted by atomic mass is 9.88. The van der Waals surface area contributed by atoms with Crippen LogP contribution in [0.2, 0.25) is 0 Å². The Balaban J connectivity index is 1.38. The number of fused-ring (bicyclic) bond motifs is 3. The molecule has 2 saturated carbocycles. The first kappa shape index (κ1) is 29.8. The van der Waals surface area contributed by atoms with Gasteiger partial charge in [-0.15, -0.1) is 0 Å². The maximum absolute atomic E-state index is 15.0. The number of allylic oxidation sites excluding steroid dienone is 1. The molecule has 3 heterocycles. The second-order valence-electron chi connectivity index (χ2n) is 15.6. The number of benzene rings is 1.